The smallest absolute Gasteiger partial charge is 0.199 e. The van der Waals surface area contributed by atoms with Crippen LogP contribution in [0.4, 0.5) is 0 Å². The molecule has 2 heterocycles. The van der Waals surface area contributed by atoms with Crippen molar-refractivity contribution in [3.63, 3.8) is 0 Å². The average molecular weight is 290 g/mol. The van der Waals surface area contributed by atoms with Crippen molar-refractivity contribution in [3.05, 3.63) is 17.3 Å². The van der Waals surface area contributed by atoms with E-state index in [4.69, 9.17) is 4.42 Å². The van der Waals surface area contributed by atoms with Gasteiger partial charge in [-0.05, 0) is 50.9 Å². The van der Waals surface area contributed by atoms with Gasteiger partial charge >= 0.3 is 0 Å². The fourth-order valence-electron chi connectivity index (χ4n) is 3.91. The van der Waals surface area contributed by atoms with Gasteiger partial charge in [-0.3, -0.25) is 4.79 Å². The summed E-state index contributed by atoms with van der Waals surface area (Å²) >= 11 is 0. The Morgan fingerprint density at radius 3 is 2.67 bits per heavy atom. The number of rotatable bonds is 4. The minimum atomic E-state index is -0.0109. The monoisotopic (exact) mass is 290 g/mol. The molecule has 0 spiro atoms. The predicted molar refractivity (Wildman–Crippen MR) is 81.5 cm³/mol. The zero-order valence-corrected chi connectivity index (χ0v) is 13.3. The Kier molecular flexibility index (Phi) is 4.16. The Hall–Kier alpha value is -1.16. The molecule has 0 bridgehead atoms. The quantitative estimate of drug-likeness (QED) is 0.863. The van der Waals surface area contributed by atoms with Crippen LogP contribution in [-0.2, 0) is 0 Å². The molecule has 4 heteroatoms. The zero-order chi connectivity index (χ0) is 15.0. The number of ketones is 1. The van der Waals surface area contributed by atoms with Crippen LogP contribution >= 0.6 is 0 Å². The van der Waals surface area contributed by atoms with Crippen LogP contribution in [0.5, 0.6) is 0 Å². The van der Waals surface area contributed by atoms with Gasteiger partial charge in [-0.25, -0.2) is 4.98 Å². The van der Waals surface area contributed by atoms with Crippen LogP contribution in [0.25, 0.3) is 0 Å². The van der Waals surface area contributed by atoms with Gasteiger partial charge in [-0.15, -0.1) is 0 Å². The summed E-state index contributed by atoms with van der Waals surface area (Å²) in [6.07, 6.45) is 6.43. The van der Waals surface area contributed by atoms with Gasteiger partial charge in [0.2, 0.25) is 0 Å². The molecule has 3 rings (SSSR count). The third kappa shape index (κ3) is 3.20. The number of nitrogens with zero attached hydrogens (tertiary/aromatic N) is 1. The zero-order valence-electron chi connectivity index (χ0n) is 13.3. The number of carbonyl (C=O) groups is 1. The van der Waals surface area contributed by atoms with Crippen molar-refractivity contribution in [1.29, 1.82) is 0 Å². The SMILES string of the molecule is CC(=O)c1nc(C2CCC(CC3CC(C)C3)NC2)oc1C. The Morgan fingerprint density at radius 2 is 2.14 bits per heavy atom. The molecule has 2 aliphatic rings. The summed E-state index contributed by atoms with van der Waals surface area (Å²) in [4.78, 5) is 15.9. The molecule has 2 fully saturated rings. The van der Waals surface area contributed by atoms with Crippen molar-refractivity contribution in [2.75, 3.05) is 6.54 Å². The number of aryl methyl sites for hydroxylation is 1. The minimum Gasteiger partial charge on any atom is -0.445 e. The molecule has 21 heavy (non-hydrogen) atoms. The highest BCUT2D eigenvalue weighted by molar-refractivity contribution is 5.92. The lowest BCUT2D eigenvalue weighted by molar-refractivity contribution is 0.101. The first-order valence-electron chi connectivity index (χ1n) is 8.24. The molecular formula is C17H26N2O2. The molecule has 1 aliphatic carbocycles. The van der Waals surface area contributed by atoms with E-state index in [1.807, 2.05) is 6.92 Å². The molecule has 2 atom stereocenters. The lowest BCUT2D eigenvalue weighted by atomic mass is 9.72. The molecule has 1 N–H and O–H groups in total. The van der Waals surface area contributed by atoms with Gasteiger partial charge in [0.1, 0.15) is 11.5 Å². The van der Waals surface area contributed by atoms with Crippen LogP contribution in [0.3, 0.4) is 0 Å². The molecule has 0 amide bonds. The third-order valence-corrected chi connectivity index (χ3v) is 5.10. The summed E-state index contributed by atoms with van der Waals surface area (Å²) in [7, 11) is 0. The Balaban J connectivity index is 1.53. The van der Waals surface area contributed by atoms with Crippen LogP contribution in [0, 0.1) is 18.8 Å². The van der Waals surface area contributed by atoms with Gasteiger partial charge in [0.05, 0.1) is 0 Å². The van der Waals surface area contributed by atoms with Crippen LogP contribution in [0.1, 0.15) is 74.0 Å². The molecule has 1 aromatic rings. The predicted octanol–water partition coefficient (Wildman–Crippen LogP) is 3.46. The summed E-state index contributed by atoms with van der Waals surface area (Å²) in [6.45, 7) is 6.63. The van der Waals surface area contributed by atoms with E-state index in [1.165, 1.54) is 25.7 Å². The van der Waals surface area contributed by atoms with Gasteiger partial charge in [0.25, 0.3) is 0 Å². The van der Waals surface area contributed by atoms with Gasteiger partial charge in [0.15, 0.2) is 11.7 Å². The van der Waals surface area contributed by atoms with Crippen molar-refractivity contribution in [2.24, 2.45) is 11.8 Å². The first-order valence-corrected chi connectivity index (χ1v) is 8.24. The summed E-state index contributed by atoms with van der Waals surface area (Å²) in [5, 5.41) is 3.65. The van der Waals surface area contributed by atoms with Crippen molar-refractivity contribution in [2.45, 2.75) is 64.8 Å². The molecule has 1 aliphatic heterocycles. The molecule has 116 valence electrons. The van der Waals surface area contributed by atoms with Gasteiger partial charge in [0, 0.05) is 25.4 Å². The maximum Gasteiger partial charge on any atom is 0.199 e. The number of carbonyl (C=O) groups excluding carboxylic acids is 1. The number of nitrogens with one attached hydrogen (secondary N) is 1. The Labute approximate surface area is 126 Å². The second-order valence-corrected chi connectivity index (χ2v) is 7.07. The number of oxazole rings is 1. The van der Waals surface area contributed by atoms with E-state index in [0.717, 1.165) is 30.7 Å². The van der Waals surface area contributed by atoms with Crippen molar-refractivity contribution in [1.82, 2.24) is 10.3 Å². The largest absolute Gasteiger partial charge is 0.445 e. The normalized spacial score (nSPS) is 32.7. The highest BCUT2D eigenvalue weighted by atomic mass is 16.4. The summed E-state index contributed by atoms with van der Waals surface area (Å²) in [5.74, 6) is 3.56. The van der Waals surface area contributed by atoms with Crippen LogP contribution < -0.4 is 5.32 Å². The number of hydrogen-bond donors (Lipinski definition) is 1. The maximum atomic E-state index is 11.5. The molecule has 1 aromatic heterocycles. The molecule has 1 saturated carbocycles. The lowest BCUT2D eigenvalue weighted by Gasteiger charge is -2.37. The van der Waals surface area contributed by atoms with Crippen molar-refractivity contribution in [3.8, 4) is 0 Å². The number of hydrogen-bond acceptors (Lipinski definition) is 4. The molecular weight excluding hydrogens is 264 g/mol. The van der Waals surface area contributed by atoms with Gasteiger partial charge in [-0.2, -0.15) is 0 Å². The fourth-order valence-corrected chi connectivity index (χ4v) is 3.91. The van der Waals surface area contributed by atoms with E-state index >= 15 is 0 Å². The lowest BCUT2D eigenvalue weighted by Crippen LogP contribution is -2.40. The highest BCUT2D eigenvalue weighted by Crippen LogP contribution is 2.38. The van der Waals surface area contributed by atoms with Crippen LogP contribution in [-0.4, -0.2) is 23.4 Å². The molecule has 0 radical (unpaired) electrons. The molecule has 4 nitrogen and oxygen atoms in total. The fraction of sp³-hybridized carbons (Fsp3) is 0.765. The van der Waals surface area contributed by atoms with E-state index in [0.29, 0.717) is 23.4 Å². The van der Waals surface area contributed by atoms with Gasteiger partial charge < -0.3 is 9.73 Å². The topological polar surface area (TPSA) is 55.1 Å². The first kappa shape index (κ1) is 14.8. The second-order valence-electron chi connectivity index (χ2n) is 7.07. The maximum absolute atomic E-state index is 11.5. The molecule has 2 unspecified atom stereocenters. The van der Waals surface area contributed by atoms with E-state index in [9.17, 15) is 4.79 Å². The summed E-state index contributed by atoms with van der Waals surface area (Å²) < 4.78 is 5.71. The van der Waals surface area contributed by atoms with Crippen molar-refractivity contribution < 1.29 is 9.21 Å². The number of aromatic nitrogens is 1. The van der Waals surface area contributed by atoms with Crippen LogP contribution in [0.15, 0.2) is 4.42 Å². The Morgan fingerprint density at radius 1 is 1.38 bits per heavy atom. The van der Waals surface area contributed by atoms with Crippen LogP contribution in [0.2, 0.25) is 0 Å². The first-order chi connectivity index (χ1) is 10.0. The minimum absolute atomic E-state index is 0.0109. The van der Waals surface area contributed by atoms with E-state index < -0.39 is 0 Å². The number of piperidine rings is 1. The summed E-state index contributed by atoms with van der Waals surface area (Å²) in [6, 6.07) is 0.655. The van der Waals surface area contributed by atoms with Crippen molar-refractivity contribution >= 4 is 5.78 Å². The third-order valence-electron chi connectivity index (χ3n) is 5.10. The molecule has 1 saturated heterocycles. The van der Waals surface area contributed by atoms with E-state index in [2.05, 4.69) is 17.2 Å². The van der Waals surface area contributed by atoms with E-state index in [-0.39, 0.29) is 5.78 Å². The number of Topliss-reactive ketones (excluding diaryl/α,β-unsaturated/α-hetero) is 1. The Bertz CT molecular complexity index is 509. The molecule has 0 aromatic carbocycles. The standard InChI is InChI=1S/C17H26N2O2/c1-10-6-13(7-10)8-15-5-4-14(9-18-15)17-19-16(11(2)20)12(3)21-17/h10,13-15,18H,4-9H2,1-3H3. The highest BCUT2D eigenvalue weighted by Gasteiger charge is 2.31. The summed E-state index contributed by atoms with van der Waals surface area (Å²) in [5.41, 5.74) is 0.496. The van der Waals surface area contributed by atoms with Gasteiger partial charge in [-0.1, -0.05) is 6.92 Å². The van der Waals surface area contributed by atoms with E-state index in [1.54, 1.807) is 6.92 Å². The second kappa shape index (κ2) is 5.91. The average Bonchev–Trinajstić information content (AvgIpc) is 2.80.